The third kappa shape index (κ3) is 3.27. The zero-order valence-corrected chi connectivity index (χ0v) is 12.3. The molecule has 4 atom stereocenters. The van der Waals surface area contributed by atoms with Gasteiger partial charge >= 0.3 is 0 Å². The molecule has 2 rings (SSSR count). The minimum atomic E-state index is -0.419. The van der Waals surface area contributed by atoms with Crippen molar-refractivity contribution >= 4 is 0 Å². The van der Waals surface area contributed by atoms with Crippen LogP contribution in [-0.2, 0) is 0 Å². The molecule has 0 amide bonds. The summed E-state index contributed by atoms with van der Waals surface area (Å²) in [5, 5.41) is 14.6. The molecular formula is C16H31NO. The van der Waals surface area contributed by atoms with E-state index in [1.807, 2.05) is 0 Å². The number of hydrogen-bond acceptors (Lipinski definition) is 2. The largest absolute Gasteiger partial charge is 0.388 e. The molecule has 0 aromatic carbocycles. The van der Waals surface area contributed by atoms with Crippen LogP contribution in [0.3, 0.4) is 0 Å². The van der Waals surface area contributed by atoms with Crippen molar-refractivity contribution in [3.8, 4) is 0 Å². The van der Waals surface area contributed by atoms with E-state index in [2.05, 4.69) is 19.2 Å². The normalized spacial score (nSPS) is 42.5. The molecule has 18 heavy (non-hydrogen) atoms. The molecule has 1 heterocycles. The van der Waals surface area contributed by atoms with Gasteiger partial charge in [-0.25, -0.2) is 0 Å². The highest BCUT2D eigenvalue weighted by molar-refractivity contribution is 4.96. The third-order valence-corrected chi connectivity index (χ3v) is 5.52. The molecule has 4 unspecified atom stereocenters. The molecule has 1 aliphatic heterocycles. The molecule has 106 valence electrons. The fourth-order valence-electron chi connectivity index (χ4n) is 3.95. The second-order valence-corrected chi connectivity index (χ2v) is 6.61. The van der Waals surface area contributed by atoms with Crippen LogP contribution >= 0.6 is 0 Å². The summed E-state index contributed by atoms with van der Waals surface area (Å²) in [4.78, 5) is 0. The standard InChI is InChI=1S/C16H31NO/c1-3-13-6-5-9-16(18,10-7-13)15-12-14(4-2)8-11-17-15/h13-15,17-18H,3-12H2,1-2H3. The van der Waals surface area contributed by atoms with Crippen molar-refractivity contribution in [2.75, 3.05) is 6.54 Å². The van der Waals surface area contributed by atoms with Gasteiger partial charge in [-0.2, -0.15) is 0 Å². The molecule has 2 N–H and O–H groups in total. The molecule has 1 aliphatic carbocycles. The molecule has 2 heteroatoms. The minimum Gasteiger partial charge on any atom is -0.388 e. The maximum Gasteiger partial charge on any atom is 0.0800 e. The van der Waals surface area contributed by atoms with Crippen molar-refractivity contribution in [3.05, 3.63) is 0 Å². The van der Waals surface area contributed by atoms with Crippen LogP contribution in [0.15, 0.2) is 0 Å². The Kier molecular flexibility index (Phi) is 5.08. The lowest BCUT2D eigenvalue weighted by atomic mass is 9.78. The molecule has 2 nitrogen and oxygen atoms in total. The van der Waals surface area contributed by atoms with Crippen molar-refractivity contribution in [2.24, 2.45) is 11.8 Å². The van der Waals surface area contributed by atoms with Gasteiger partial charge in [-0.3, -0.25) is 0 Å². The number of aliphatic hydroxyl groups is 1. The van der Waals surface area contributed by atoms with Gasteiger partial charge in [0, 0.05) is 6.04 Å². The lowest BCUT2D eigenvalue weighted by Gasteiger charge is -2.41. The Hall–Kier alpha value is -0.0800. The molecule has 2 fully saturated rings. The average Bonchev–Trinajstić information content (AvgIpc) is 2.61. The first kappa shape index (κ1) is 14.3. The second kappa shape index (κ2) is 6.38. The molecule has 0 spiro atoms. The van der Waals surface area contributed by atoms with Gasteiger partial charge in [-0.15, -0.1) is 0 Å². The highest BCUT2D eigenvalue weighted by Crippen LogP contribution is 2.37. The van der Waals surface area contributed by atoms with Gasteiger partial charge in [-0.05, 0) is 50.5 Å². The summed E-state index contributed by atoms with van der Waals surface area (Å²) in [6.07, 6.45) is 10.8. The van der Waals surface area contributed by atoms with Gasteiger partial charge in [0.15, 0.2) is 0 Å². The van der Waals surface area contributed by atoms with E-state index in [1.165, 1.54) is 44.9 Å². The summed E-state index contributed by atoms with van der Waals surface area (Å²) in [5.74, 6) is 1.68. The zero-order chi connectivity index (χ0) is 13.0. The smallest absolute Gasteiger partial charge is 0.0800 e. The lowest BCUT2D eigenvalue weighted by molar-refractivity contribution is -0.0282. The molecule has 1 saturated heterocycles. The lowest BCUT2D eigenvalue weighted by Crippen LogP contribution is -2.54. The highest BCUT2D eigenvalue weighted by atomic mass is 16.3. The molecule has 0 bridgehead atoms. The Morgan fingerprint density at radius 2 is 1.83 bits per heavy atom. The van der Waals surface area contributed by atoms with Gasteiger partial charge in [-0.1, -0.05) is 39.5 Å². The van der Waals surface area contributed by atoms with Gasteiger partial charge in [0.1, 0.15) is 0 Å². The Labute approximate surface area is 113 Å². The maximum absolute atomic E-state index is 11.0. The van der Waals surface area contributed by atoms with Crippen molar-refractivity contribution in [2.45, 2.75) is 83.3 Å². The van der Waals surface area contributed by atoms with Crippen molar-refractivity contribution in [1.82, 2.24) is 5.32 Å². The van der Waals surface area contributed by atoms with Crippen molar-refractivity contribution in [1.29, 1.82) is 0 Å². The Morgan fingerprint density at radius 1 is 1.06 bits per heavy atom. The fraction of sp³-hybridized carbons (Fsp3) is 1.00. The van der Waals surface area contributed by atoms with E-state index in [-0.39, 0.29) is 0 Å². The molecule has 0 aromatic heterocycles. The number of rotatable bonds is 3. The first-order chi connectivity index (χ1) is 8.68. The van der Waals surface area contributed by atoms with Crippen LogP contribution in [-0.4, -0.2) is 23.3 Å². The number of nitrogens with one attached hydrogen (secondary N) is 1. The van der Waals surface area contributed by atoms with E-state index in [9.17, 15) is 5.11 Å². The number of hydrogen-bond donors (Lipinski definition) is 2. The minimum absolute atomic E-state index is 0.354. The molecular weight excluding hydrogens is 222 g/mol. The quantitative estimate of drug-likeness (QED) is 0.755. The Bertz CT molecular complexity index is 255. The van der Waals surface area contributed by atoms with Crippen LogP contribution in [0.2, 0.25) is 0 Å². The zero-order valence-electron chi connectivity index (χ0n) is 12.3. The van der Waals surface area contributed by atoms with Gasteiger partial charge in [0.2, 0.25) is 0 Å². The van der Waals surface area contributed by atoms with Crippen LogP contribution in [0, 0.1) is 11.8 Å². The van der Waals surface area contributed by atoms with Crippen LogP contribution < -0.4 is 5.32 Å². The molecule has 2 aliphatic rings. The van der Waals surface area contributed by atoms with Crippen LogP contribution in [0.1, 0.15) is 71.6 Å². The highest BCUT2D eigenvalue weighted by Gasteiger charge is 2.40. The third-order valence-electron chi connectivity index (χ3n) is 5.52. The summed E-state index contributed by atoms with van der Waals surface area (Å²) in [6.45, 7) is 5.68. The topological polar surface area (TPSA) is 32.3 Å². The van der Waals surface area contributed by atoms with Gasteiger partial charge < -0.3 is 10.4 Å². The maximum atomic E-state index is 11.0. The van der Waals surface area contributed by atoms with Gasteiger partial charge in [0.25, 0.3) is 0 Å². The average molecular weight is 253 g/mol. The summed E-state index contributed by atoms with van der Waals surface area (Å²) in [6, 6.07) is 0.354. The van der Waals surface area contributed by atoms with Crippen LogP contribution in [0.25, 0.3) is 0 Å². The summed E-state index contributed by atoms with van der Waals surface area (Å²) >= 11 is 0. The SMILES string of the molecule is CCC1CCCC(O)(C2CC(CC)CCN2)CC1. The number of piperidine rings is 1. The van der Waals surface area contributed by atoms with Gasteiger partial charge in [0.05, 0.1) is 5.60 Å². The summed E-state index contributed by atoms with van der Waals surface area (Å²) in [7, 11) is 0. The predicted octanol–water partition coefficient (Wildman–Crippen LogP) is 3.49. The molecule has 1 saturated carbocycles. The summed E-state index contributed by atoms with van der Waals surface area (Å²) < 4.78 is 0. The first-order valence-corrected chi connectivity index (χ1v) is 8.13. The predicted molar refractivity (Wildman–Crippen MR) is 76.6 cm³/mol. The summed E-state index contributed by atoms with van der Waals surface area (Å²) in [5.41, 5.74) is -0.419. The van der Waals surface area contributed by atoms with E-state index in [4.69, 9.17) is 0 Å². The van der Waals surface area contributed by atoms with Crippen LogP contribution in [0.5, 0.6) is 0 Å². The second-order valence-electron chi connectivity index (χ2n) is 6.61. The fourth-order valence-corrected chi connectivity index (χ4v) is 3.95. The van der Waals surface area contributed by atoms with Crippen molar-refractivity contribution in [3.63, 3.8) is 0 Å². The van der Waals surface area contributed by atoms with E-state index in [0.717, 1.165) is 31.2 Å². The van der Waals surface area contributed by atoms with Crippen molar-refractivity contribution < 1.29 is 5.11 Å². The first-order valence-electron chi connectivity index (χ1n) is 8.13. The van der Waals surface area contributed by atoms with E-state index >= 15 is 0 Å². The van der Waals surface area contributed by atoms with Crippen LogP contribution in [0.4, 0.5) is 0 Å². The Balaban J connectivity index is 1.96. The Morgan fingerprint density at radius 3 is 2.56 bits per heavy atom. The molecule has 0 aromatic rings. The van der Waals surface area contributed by atoms with E-state index in [1.54, 1.807) is 0 Å². The van der Waals surface area contributed by atoms with E-state index in [0.29, 0.717) is 6.04 Å². The molecule has 0 radical (unpaired) electrons. The van der Waals surface area contributed by atoms with E-state index < -0.39 is 5.60 Å². The monoisotopic (exact) mass is 253 g/mol.